The highest BCUT2D eigenvalue weighted by atomic mass is 16.5. The van der Waals surface area contributed by atoms with Gasteiger partial charge in [-0.15, -0.1) is 0 Å². The second-order valence-electron chi connectivity index (χ2n) is 10.8. The number of rotatable bonds is 5. The molecule has 0 fully saturated rings. The van der Waals surface area contributed by atoms with Crippen LogP contribution < -0.4 is 9.64 Å². The molecule has 48 heavy (non-hydrogen) atoms. The van der Waals surface area contributed by atoms with Gasteiger partial charge in [-0.3, -0.25) is 0 Å². The second-order valence-corrected chi connectivity index (χ2v) is 10.8. The summed E-state index contributed by atoms with van der Waals surface area (Å²) < 4.78 is 165. The molecule has 0 aromatic heterocycles. The standard InChI is InChI=1S/C46H31NO/c1-3-11-32(12-4-1)34-19-24-37(25-20-34)47(38-26-21-35(22-27-38)33-13-5-2-6-14-33)39-28-29-42-41-17-9-10-18-43(41)46-40-16-8-7-15-36(40)23-30-44(46)48-45(42)31-39/h1-31H/i1D,2D,3D,4D,5D,6D,11D,12D,13D,14D,19D,20D,21D,22D,24D,25D,26D,27D. The van der Waals surface area contributed by atoms with Crippen molar-refractivity contribution in [3.63, 3.8) is 0 Å². The first kappa shape index (κ1) is 15.0. The van der Waals surface area contributed by atoms with Crippen LogP contribution in [0.2, 0.25) is 0 Å². The van der Waals surface area contributed by atoms with Gasteiger partial charge in [0, 0.05) is 34.3 Å². The van der Waals surface area contributed by atoms with Crippen molar-refractivity contribution in [3.8, 4) is 56.0 Å². The summed E-state index contributed by atoms with van der Waals surface area (Å²) in [6.45, 7) is 0. The molecule has 1 aliphatic rings. The Morgan fingerprint density at radius 3 is 1.62 bits per heavy atom. The average Bonchev–Trinajstić information content (AvgIpc) is 3.46. The molecule has 0 atom stereocenters. The van der Waals surface area contributed by atoms with Crippen LogP contribution in [-0.4, -0.2) is 0 Å². The van der Waals surface area contributed by atoms with Crippen LogP contribution in [0.4, 0.5) is 17.1 Å². The third kappa shape index (κ3) is 4.92. The molecule has 2 nitrogen and oxygen atoms in total. The molecule has 0 aliphatic carbocycles. The van der Waals surface area contributed by atoms with E-state index in [-0.39, 0.29) is 11.4 Å². The maximum atomic E-state index is 9.44. The molecule has 2 heteroatoms. The van der Waals surface area contributed by atoms with E-state index in [1.807, 2.05) is 54.6 Å². The van der Waals surface area contributed by atoms with Gasteiger partial charge >= 0.3 is 0 Å². The van der Waals surface area contributed by atoms with Crippen LogP contribution in [0.15, 0.2) is 188 Å². The maximum Gasteiger partial charge on any atom is 0.137 e. The van der Waals surface area contributed by atoms with Crippen molar-refractivity contribution >= 4 is 27.8 Å². The minimum atomic E-state index is -0.860. The number of ether oxygens (including phenoxy) is 1. The van der Waals surface area contributed by atoms with Gasteiger partial charge in [0.1, 0.15) is 11.5 Å². The molecule has 9 rings (SSSR count). The molecule has 0 bridgehead atoms. The molecule has 0 spiro atoms. The minimum absolute atomic E-state index is 0.0526. The van der Waals surface area contributed by atoms with E-state index >= 15 is 0 Å². The molecule has 0 N–H and O–H groups in total. The average molecular weight is 632 g/mol. The van der Waals surface area contributed by atoms with Crippen molar-refractivity contribution in [2.45, 2.75) is 0 Å². The number of hydrogen-bond acceptors (Lipinski definition) is 2. The molecule has 1 heterocycles. The lowest BCUT2D eigenvalue weighted by molar-refractivity contribution is 0.488. The van der Waals surface area contributed by atoms with Crippen molar-refractivity contribution in [2.75, 3.05) is 4.90 Å². The summed E-state index contributed by atoms with van der Waals surface area (Å²) in [6, 6.07) is 9.01. The topological polar surface area (TPSA) is 12.5 Å². The van der Waals surface area contributed by atoms with Gasteiger partial charge in [0.25, 0.3) is 0 Å². The van der Waals surface area contributed by atoms with Crippen LogP contribution in [0, 0.1) is 0 Å². The lowest BCUT2D eigenvalue weighted by atomic mass is 9.91. The van der Waals surface area contributed by atoms with Crippen LogP contribution >= 0.6 is 0 Å². The van der Waals surface area contributed by atoms with Gasteiger partial charge in [-0.2, -0.15) is 0 Å². The van der Waals surface area contributed by atoms with Gasteiger partial charge in [-0.1, -0.05) is 139 Å². The van der Waals surface area contributed by atoms with Crippen molar-refractivity contribution in [2.24, 2.45) is 0 Å². The third-order valence-electron chi connectivity index (χ3n) is 7.99. The predicted molar refractivity (Wildman–Crippen MR) is 200 cm³/mol. The highest BCUT2D eigenvalue weighted by Crippen LogP contribution is 2.51. The largest absolute Gasteiger partial charge is 0.456 e. The Hall–Kier alpha value is -6.38. The van der Waals surface area contributed by atoms with E-state index in [1.165, 1.54) is 12.1 Å². The molecule has 0 amide bonds. The summed E-state index contributed by atoms with van der Waals surface area (Å²) in [5, 5.41) is 1.83. The Balaban J connectivity index is 1.36. The maximum absolute atomic E-state index is 9.44. The van der Waals surface area contributed by atoms with Crippen molar-refractivity contribution in [1.29, 1.82) is 0 Å². The first-order valence-corrected chi connectivity index (χ1v) is 14.9. The lowest BCUT2D eigenvalue weighted by Gasteiger charge is -2.27. The molecule has 0 radical (unpaired) electrons. The molecule has 0 saturated carbocycles. The SMILES string of the molecule is [2H]c1c([2H])c([2H])c(-c2c([2H])c([2H])c(N(c3ccc4c(c3)Oc3ccc5ccccc5c3-c3ccccc3-4)c3c([2H])c([2H])c(-c4c([2H])c([2H])c([2H])c([2H])c4[2H])c([2H])c3[2H])c([2H])c2[2H])c([2H])c1[2H]. The fourth-order valence-electron chi connectivity index (χ4n) is 5.83. The molecule has 8 aromatic carbocycles. The number of anilines is 3. The second kappa shape index (κ2) is 11.8. The third-order valence-corrected chi connectivity index (χ3v) is 7.99. The summed E-state index contributed by atoms with van der Waals surface area (Å²) in [6.07, 6.45) is 0. The van der Waals surface area contributed by atoms with Gasteiger partial charge in [0.15, 0.2) is 0 Å². The van der Waals surface area contributed by atoms with Gasteiger partial charge in [0.05, 0.1) is 24.7 Å². The van der Waals surface area contributed by atoms with Crippen LogP contribution in [0.1, 0.15) is 24.7 Å². The van der Waals surface area contributed by atoms with Gasteiger partial charge < -0.3 is 9.64 Å². The Labute approximate surface area is 306 Å². The number of fused-ring (bicyclic) bond motifs is 7. The monoisotopic (exact) mass is 631 g/mol. The quantitative estimate of drug-likeness (QED) is 0.187. The normalized spacial score (nSPS) is 16.8. The van der Waals surface area contributed by atoms with E-state index in [1.54, 1.807) is 12.1 Å². The summed E-state index contributed by atoms with van der Waals surface area (Å²) >= 11 is 0. The van der Waals surface area contributed by atoms with Crippen LogP contribution in [0.5, 0.6) is 11.5 Å². The minimum Gasteiger partial charge on any atom is -0.456 e. The summed E-state index contributed by atoms with van der Waals surface area (Å²) in [5.74, 6) is 0.652. The zero-order valence-corrected chi connectivity index (χ0v) is 24.9. The van der Waals surface area contributed by atoms with Gasteiger partial charge in [-0.25, -0.2) is 0 Å². The van der Waals surface area contributed by atoms with Crippen molar-refractivity contribution in [1.82, 2.24) is 0 Å². The van der Waals surface area contributed by atoms with Crippen LogP contribution in [0.3, 0.4) is 0 Å². The molecular formula is C46H31NO. The number of benzene rings is 8. The summed E-state index contributed by atoms with van der Waals surface area (Å²) in [4.78, 5) is 0.973. The Morgan fingerprint density at radius 2 is 0.979 bits per heavy atom. The zero-order valence-electron chi connectivity index (χ0n) is 42.9. The summed E-state index contributed by atoms with van der Waals surface area (Å²) in [5.41, 5.74) is -0.846. The molecule has 0 unspecified atom stereocenters. The molecular weight excluding hydrogens is 583 g/mol. The van der Waals surface area contributed by atoms with Gasteiger partial charge in [0.2, 0.25) is 0 Å². The van der Waals surface area contributed by atoms with E-state index < -0.39 is 142 Å². The van der Waals surface area contributed by atoms with Crippen LogP contribution in [-0.2, 0) is 0 Å². The van der Waals surface area contributed by atoms with E-state index in [9.17, 15) is 11.0 Å². The van der Waals surface area contributed by atoms with Crippen molar-refractivity contribution in [3.05, 3.63) is 188 Å². The fraction of sp³-hybridized carbons (Fsp3) is 0. The Kier molecular flexibility index (Phi) is 3.68. The smallest absolute Gasteiger partial charge is 0.137 e. The number of nitrogens with zero attached hydrogens (tertiary/aromatic N) is 1. The first-order chi connectivity index (χ1) is 31.3. The highest BCUT2D eigenvalue weighted by molar-refractivity contribution is 6.05. The highest BCUT2D eigenvalue weighted by Gasteiger charge is 2.24. The van der Waals surface area contributed by atoms with Crippen LogP contribution in [0.25, 0.3) is 55.3 Å². The van der Waals surface area contributed by atoms with E-state index in [0.29, 0.717) is 11.3 Å². The molecule has 0 saturated heterocycles. The van der Waals surface area contributed by atoms with Gasteiger partial charge in [-0.05, 0) is 86.5 Å². The van der Waals surface area contributed by atoms with Crippen molar-refractivity contribution < 1.29 is 29.4 Å². The fourth-order valence-corrected chi connectivity index (χ4v) is 5.83. The first-order valence-electron chi connectivity index (χ1n) is 23.9. The molecule has 226 valence electrons. The Morgan fingerprint density at radius 1 is 0.417 bits per heavy atom. The molecule has 8 aromatic rings. The molecule has 1 aliphatic heterocycles. The summed E-state index contributed by atoms with van der Waals surface area (Å²) in [7, 11) is 0. The number of hydrogen-bond donors (Lipinski definition) is 0. The van der Waals surface area contributed by atoms with E-state index in [4.69, 9.17) is 18.4 Å². The van der Waals surface area contributed by atoms with E-state index in [0.717, 1.165) is 32.4 Å². The lowest BCUT2D eigenvalue weighted by Crippen LogP contribution is -2.10. The zero-order chi connectivity index (χ0) is 47.5. The predicted octanol–water partition coefficient (Wildman–Crippen LogP) is 13.1. The van der Waals surface area contributed by atoms with E-state index in [2.05, 4.69) is 0 Å². The Bertz CT molecular complexity index is 3210.